The first-order valence-corrected chi connectivity index (χ1v) is 14.6. The number of hydrogen-bond donors (Lipinski definition) is 2. The SMILES string of the molecule is CN(C)CCOc1cc(F)cc(-c2cncc3[nH]c(-c4n[nH]c5cnc(-c6cncc(CN7CCCC7)c6)cc45)cc23)c1. The van der Waals surface area contributed by atoms with Gasteiger partial charge in [0.1, 0.15) is 23.9 Å². The van der Waals surface area contributed by atoms with Gasteiger partial charge < -0.3 is 14.6 Å². The van der Waals surface area contributed by atoms with E-state index in [1.165, 1.54) is 30.5 Å². The largest absolute Gasteiger partial charge is 0.492 e. The zero-order valence-electron chi connectivity index (χ0n) is 24.3. The number of hydrogen-bond acceptors (Lipinski definition) is 7. The normalized spacial score (nSPS) is 14.0. The van der Waals surface area contributed by atoms with E-state index in [0.29, 0.717) is 17.9 Å². The Labute approximate surface area is 248 Å². The van der Waals surface area contributed by atoms with Gasteiger partial charge in [0.15, 0.2) is 0 Å². The summed E-state index contributed by atoms with van der Waals surface area (Å²) in [7, 11) is 3.95. The van der Waals surface area contributed by atoms with Gasteiger partial charge in [-0.25, -0.2) is 4.39 Å². The van der Waals surface area contributed by atoms with Gasteiger partial charge in [-0.2, -0.15) is 5.10 Å². The average molecular weight is 577 g/mol. The molecule has 218 valence electrons. The second kappa shape index (κ2) is 11.5. The van der Waals surface area contributed by atoms with Gasteiger partial charge in [-0.1, -0.05) is 0 Å². The van der Waals surface area contributed by atoms with Crippen molar-refractivity contribution in [3.63, 3.8) is 0 Å². The van der Waals surface area contributed by atoms with Crippen molar-refractivity contribution in [2.45, 2.75) is 19.4 Å². The molecule has 5 aromatic heterocycles. The first kappa shape index (κ1) is 27.2. The highest BCUT2D eigenvalue weighted by atomic mass is 19.1. The molecular weight excluding hydrogens is 543 g/mol. The fourth-order valence-corrected chi connectivity index (χ4v) is 5.75. The maximum absolute atomic E-state index is 14.7. The summed E-state index contributed by atoms with van der Waals surface area (Å²) < 4.78 is 20.5. The second-order valence-electron chi connectivity index (χ2n) is 11.4. The number of likely N-dealkylation sites (N-methyl/N-ethyl adjacent to an activating group) is 1. The number of halogens is 1. The number of pyridine rings is 3. The van der Waals surface area contributed by atoms with Gasteiger partial charge >= 0.3 is 0 Å². The van der Waals surface area contributed by atoms with Crippen LogP contribution in [-0.4, -0.2) is 80.3 Å². The summed E-state index contributed by atoms with van der Waals surface area (Å²) in [5.74, 6) is 0.129. The van der Waals surface area contributed by atoms with Crippen LogP contribution in [-0.2, 0) is 6.54 Å². The van der Waals surface area contributed by atoms with E-state index in [0.717, 1.165) is 76.2 Å². The molecule has 0 spiro atoms. The van der Waals surface area contributed by atoms with Crippen LogP contribution in [0.3, 0.4) is 0 Å². The maximum atomic E-state index is 14.7. The Morgan fingerprint density at radius 1 is 0.884 bits per heavy atom. The number of aromatic amines is 2. The number of nitrogens with zero attached hydrogens (tertiary/aromatic N) is 6. The molecule has 9 nitrogen and oxygen atoms in total. The maximum Gasteiger partial charge on any atom is 0.127 e. The summed E-state index contributed by atoms with van der Waals surface area (Å²) >= 11 is 0. The molecule has 7 rings (SSSR count). The van der Waals surface area contributed by atoms with E-state index in [4.69, 9.17) is 9.72 Å². The van der Waals surface area contributed by atoms with Gasteiger partial charge in [0, 0.05) is 59.6 Å². The minimum atomic E-state index is -0.359. The third-order valence-corrected chi connectivity index (χ3v) is 7.93. The van der Waals surface area contributed by atoms with Crippen molar-refractivity contribution in [2.24, 2.45) is 0 Å². The van der Waals surface area contributed by atoms with Gasteiger partial charge in [-0.05, 0) is 81.5 Å². The average Bonchev–Trinajstić information content (AvgIpc) is 3.76. The fourth-order valence-electron chi connectivity index (χ4n) is 5.75. The zero-order valence-corrected chi connectivity index (χ0v) is 24.3. The van der Waals surface area contributed by atoms with Crippen molar-refractivity contribution in [3.8, 4) is 39.5 Å². The summed E-state index contributed by atoms with van der Waals surface area (Å²) in [5.41, 5.74) is 7.77. The molecule has 10 heteroatoms. The molecule has 1 saturated heterocycles. The Balaban J connectivity index is 1.22. The smallest absolute Gasteiger partial charge is 0.127 e. The highest BCUT2D eigenvalue weighted by Gasteiger charge is 2.17. The summed E-state index contributed by atoms with van der Waals surface area (Å²) in [5, 5.41) is 9.61. The molecule has 0 saturated carbocycles. The molecule has 0 unspecified atom stereocenters. The number of rotatable bonds is 9. The molecule has 0 bridgehead atoms. The standard InChI is InChI=1S/C33H33FN8O/c1-41(2)7-8-43-25-11-22(10-24(34)12-25)28-17-36-18-31-26(28)13-30(38-31)33-27-14-29(37-19-32(27)39-40-33)23-9-21(15-35-16-23)20-42-5-3-4-6-42/h9-19,38H,3-8,20H2,1-2H3,(H,39,40). The number of aromatic nitrogens is 6. The first-order chi connectivity index (χ1) is 21.0. The van der Waals surface area contributed by atoms with Gasteiger partial charge in [-0.3, -0.25) is 25.0 Å². The van der Waals surface area contributed by atoms with Crippen LogP contribution in [0, 0.1) is 5.82 Å². The monoisotopic (exact) mass is 576 g/mol. The minimum Gasteiger partial charge on any atom is -0.492 e. The topological polar surface area (TPSA) is 98.8 Å². The number of fused-ring (bicyclic) bond motifs is 2. The predicted molar refractivity (Wildman–Crippen MR) is 166 cm³/mol. The Kier molecular flexibility index (Phi) is 7.30. The highest BCUT2D eigenvalue weighted by Crippen LogP contribution is 2.35. The van der Waals surface area contributed by atoms with Crippen LogP contribution in [0.15, 0.2) is 67.4 Å². The van der Waals surface area contributed by atoms with Crippen molar-refractivity contribution in [3.05, 3.63) is 78.8 Å². The van der Waals surface area contributed by atoms with Gasteiger partial charge in [0.05, 0.1) is 34.8 Å². The molecule has 6 heterocycles. The minimum absolute atomic E-state index is 0.359. The lowest BCUT2D eigenvalue weighted by molar-refractivity contribution is 0.260. The Morgan fingerprint density at radius 2 is 1.74 bits per heavy atom. The molecule has 2 N–H and O–H groups in total. The van der Waals surface area contributed by atoms with E-state index in [-0.39, 0.29) is 5.82 Å². The van der Waals surface area contributed by atoms with Crippen LogP contribution < -0.4 is 4.74 Å². The number of likely N-dealkylation sites (tertiary alicyclic amines) is 1. The molecule has 6 aromatic rings. The van der Waals surface area contributed by atoms with Crippen LogP contribution in [0.4, 0.5) is 4.39 Å². The van der Waals surface area contributed by atoms with Crippen molar-refractivity contribution < 1.29 is 9.13 Å². The molecular formula is C33H33FN8O. The Bertz CT molecular complexity index is 1910. The number of ether oxygens (including phenoxy) is 1. The lowest BCUT2D eigenvalue weighted by Crippen LogP contribution is -2.19. The number of benzene rings is 1. The molecule has 1 aliphatic heterocycles. The van der Waals surface area contributed by atoms with Crippen molar-refractivity contribution in [2.75, 3.05) is 40.3 Å². The second-order valence-corrected chi connectivity index (χ2v) is 11.4. The van der Waals surface area contributed by atoms with E-state index < -0.39 is 0 Å². The van der Waals surface area contributed by atoms with Crippen LogP contribution in [0.2, 0.25) is 0 Å². The van der Waals surface area contributed by atoms with Gasteiger partial charge in [0.25, 0.3) is 0 Å². The molecule has 1 aromatic carbocycles. The molecule has 0 aliphatic carbocycles. The summed E-state index contributed by atoms with van der Waals surface area (Å²) in [6, 6.07) is 11.1. The molecule has 0 amide bonds. The predicted octanol–water partition coefficient (Wildman–Crippen LogP) is 5.91. The summed E-state index contributed by atoms with van der Waals surface area (Å²) in [6.07, 6.45) is 11.7. The number of H-pyrrole nitrogens is 2. The van der Waals surface area contributed by atoms with Crippen LogP contribution in [0.1, 0.15) is 18.4 Å². The van der Waals surface area contributed by atoms with Crippen molar-refractivity contribution in [1.29, 1.82) is 0 Å². The van der Waals surface area contributed by atoms with Gasteiger partial charge in [-0.15, -0.1) is 0 Å². The lowest BCUT2D eigenvalue weighted by atomic mass is 10.0. The Morgan fingerprint density at radius 3 is 2.60 bits per heavy atom. The van der Waals surface area contributed by atoms with Crippen LogP contribution in [0.5, 0.6) is 5.75 Å². The molecule has 1 fully saturated rings. The first-order valence-electron chi connectivity index (χ1n) is 14.6. The van der Waals surface area contributed by atoms with Crippen molar-refractivity contribution in [1.82, 2.24) is 39.9 Å². The molecule has 0 atom stereocenters. The number of nitrogens with one attached hydrogen (secondary N) is 2. The summed E-state index contributed by atoms with van der Waals surface area (Å²) in [4.78, 5) is 21.6. The zero-order chi connectivity index (χ0) is 29.3. The fraction of sp³-hybridized carbons (Fsp3) is 0.273. The third-order valence-electron chi connectivity index (χ3n) is 7.93. The van der Waals surface area contributed by atoms with Crippen LogP contribution >= 0.6 is 0 Å². The molecule has 0 radical (unpaired) electrons. The summed E-state index contributed by atoms with van der Waals surface area (Å²) in [6.45, 7) is 4.38. The van der Waals surface area contributed by atoms with E-state index >= 15 is 0 Å². The molecule has 1 aliphatic rings. The quantitative estimate of drug-likeness (QED) is 0.221. The van der Waals surface area contributed by atoms with E-state index in [9.17, 15) is 4.39 Å². The van der Waals surface area contributed by atoms with E-state index in [1.54, 1.807) is 12.4 Å². The third kappa shape index (κ3) is 5.71. The Hall–Kier alpha value is -4.67. The van der Waals surface area contributed by atoms with Crippen molar-refractivity contribution >= 4 is 21.8 Å². The van der Waals surface area contributed by atoms with E-state index in [2.05, 4.69) is 42.2 Å². The molecule has 43 heavy (non-hydrogen) atoms. The highest BCUT2D eigenvalue weighted by molar-refractivity contribution is 6.01. The van der Waals surface area contributed by atoms with Gasteiger partial charge in [0.2, 0.25) is 0 Å². The lowest BCUT2D eigenvalue weighted by Gasteiger charge is -2.14. The van der Waals surface area contributed by atoms with E-state index in [1.807, 2.05) is 49.7 Å². The van der Waals surface area contributed by atoms with Crippen LogP contribution in [0.25, 0.3) is 55.6 Å².